The number of nitriles is 1. The molecule has 130 valence electrons. The molecule has 26 heavy (non-hydrogen) atoms. The van der Waals surface area contributed by atoms with Crippen molar-refractivity contribution in [2.24, 2.45) is 0 Å². The minimum absolute atomic E-state index is 0.108. The fourth-order valence-electron chi connectivity index (χ4n) is 2.36. The van der Waals surface area contributed by atoms with Gasteiger partial charge >= 0.3 is 5.97 Å². The molecule has 0 spiro atoms. The van der Waals surface area contributed by atoms with E-state index in [0.29, 0.717) is 36.0 Å². The second-order valence-corrected chi connectivity index (χ2v) is 5.41. The second kappa shape index (κ2) is 7.40. The fourth-order valence-corrected chi connectivity index (χ4v) is 2.36. The van der Waals surface area contributed by atoms with Crippen LogP contribution in [0.1, 0.15) is 15.9 Å². The highest BCUT2D eigenvalue weighted by atomic mass is 16.6. The number of nitrogens with one attached hydrogen (secondary N) is 1. The van der Waals surface area contributed by atoms with E-state index >= 15 is 0 Å². The minimum Gasteiger partial charge on any atom is -0.486 e. The van der Waals surface area contributed by atoms with Gasteiger partial charge in [0, 0.05) is 11.8 Å². The van der Waals surface area contributed by atoms with E-state index in [9.17, 15) is 14.9 Å². The Labute approximate surface area is 149 Å². The molecule has 2 N–H and O–H groups in total. The lowest BCUT2D eigenvalue weighted by Crippen LogP contribution is -2.17. The summed E-state index contributed by atoms with van der Waals surface area (Å²) < 4.78 is 10.9. The highest BCUT2D eigenvalue weighted by molar-refractivity contribution is 6.09. The van der Waals surface area contributed by atoms with Gasteiger partial charge in [-0.2, -0.15) is 5.26 Å². The SMILES string of the molecule is N#C/C(=C\c1ccc(C(=O)O)cc1)C(=O)Nc1ccc2c(c1)OCCO2. The Morgan fingerprint density at radius 3 is 2.42 bits per heavy atom. The van der Waals surface area contributed by atoms with Crippen molar-refractivity contribution in [1.29, 1.82) is 5.26 Å². The minimum atomic E-state index is -1.04. The third-order valence-electron chi connectivity index (χ3n) is 3.63. The molecule has 1 amide bonds. The van der Waals surface area contributed by atoms with Crippen molar-refractivity contribution >= 4 is 23.6 Å². The third-order valence-corrected chi connectivity index (χ3v) is 3.63. The van der Waals surface area contributed by atoms with E-state index in [1.807, 2.05) is 6.07 Å². The maximum absolute atomic E-state index is 12.3. The van der Waals surface area contributed by atoms with Gasteiger partial charge in [0.2, 0.25) is 0 Å². The molecule has 1 aliphatic rings. The van der Waals surface area contributed by atoms with Crippen LogP contribution in [0.5, 0.6) is 11.5 Å². The summed E-state index contributed by atoms with van der Waals surface area (Å²) in [7, 11) is 0. The number of hydrogen-bond donors (Lipinski definition) is 2. The first-order chi connectivity index (χ1) is 12.6. The number of carbonyl (C=O) groups is 2. The molecule has 0 radical (unpaired) electrons. The first-order valence-electron chi connectivity index (χ1n) is 7.73. The number of hydrogen-bond acceptors (Lipinski definition) is 5. The lowest BCUT2D eigenvalue weighted by atomic mass is 10.1. The molecule has 0 atom stereocenters. The van der Waals surface area contributed by atoms with Crippen LogP contribution in [0, 0.1) is 11.3 Å². The van der Waals surface area contributed by atoms with Crippen molar-refractivity contribution in [2.75, 3.05) is 18.5 Å². The first kappa shape index (κ1) is 17.0. The summed E-state index contributed by atoms with van der Waals surface area (Å²) in [6.45, 7) is 0.904. The van der Waals surface area contributed by atoms with Crippen LogP contribution in [0.15, 0.2) is 48.0 Å². The van der Waals surface area contributed by atoms with Crippen LogP contribution in [0.25, 0.3) is 6.08 Å². The predicted molar refractivity (Wildman–Crippen MR) is 93.1 cm³/mol. The number of carboxylic acids is 1. The number of rotatable bonds is 4. The van der Waals surface area contributed by atoms with E-state index in [4.69, 9.17) is 14.6 Å². The van der Waals surface area contributed by atoms with Crippen LogP contribution in [0.3, 0.4) is 0 Å². The van der Waals surface area contributed by atoms with E-state index < -0.39 is 11.9 Å². The molecule has 0 fully saturated rings. The molecular weight excluding hydrogens is 336 g/mol. The summed E-state index contributed by atoms with van der Waals surface area (Å²) in [4.78, 5) is 23.2. The first-order valence-corrected chi connectivity index (χ1v) is 7.73. The Morgan fingerprint density at radius 2 is 1.77 bits per heavy atom. The van der Waals surface area contributed by atoms with Crippen LogP contribution in [0.2, 0.25) is 0 Å². The molecule has 0 aliphatic carbocycles. The molecule has 1 aliphatic heterocycles. The predicted octanol–water partition coefficient (Wildman–Crippen LogP) is 2.70. The quantitative estimate of drug-likeness (QED) is 0.648. The van der Waals surface area contributed by atoms with Gasteiger partial charge in [0.05, 0.1) is 5.56 Å². The molecule has 2 aromatic carbocycles. The van der Waals surface area contributed by atoms with Crippen molar-refractivity contribution in [3.8, 4) is 17.6 Å². The van der Waals surface area contributed by atoms with Crippen LogP contribution in [-0.4, -0.2) is 30.2 Å². The highest BCUT2D eigenvalue weighted by Gasteiger charge is 2.14. The molecule has 0 aromatic heterocycles. The number of amides is 1. The van der Waals surface area contributed by atoms with Gasteiger partial charge in [-0.15, -0.1) is 0 Å². The largest absolute Gasteiger partial charge is 0.486 e. The van der Waals surface area contributed by atoms with Crippen molar-refractivity contribution in [1.82, 2.24) is 0 Å². The zero-order chi connectivity index (χ0) is 18.5. The maximum atomic E-state index is 12.3. The zero-order valence-electron chi connectivity index (χ0n) is 13.6. The van der Waals surface area contributed by atoms with Gasteiger partial charge in [-0.05, 0) is 35.9 Å². The standard InChI is InChI=1S/C19H14N2O5/c20-11-14(9-12-1-3-13(4-2-12)19(23)24)18(22)21-15-5-6-16-17(10-15)26-8-7-25-16/h1-6,9-10H,7-8H2,(H,21,22)(H,23,24)/b14-9+. The molecule has 3 rings (SSSR count). The topological polar surface area (TPSA) is 109 Å². The molecule has 0 unspecified atom stereocenters. The number of carboxylic acid groups (broad SMARTS) is 1. The number of carbonyl (C=O) groups excluding carboxylic acids is 1. The molecule has 7 nitrogen and oxygen atoms in total. The van der Waals surface area contributed by atoms with Gasteiger partial charge in [-0.1, -0.05) is 12.1 Å². The monoisotopic (exact) mass is 350 g/mol. The Hall–Kier alpha value is -3.79. The van der Waals surface area contributed by atoms with Gasteiger partial charge < -0.3 is 19.9 Å². The Kier molecular flexibility index (Phi) is 4.85. The third kappa shape index (κ3) is 3.82. The van der Waals surface area contributed by atoms with Gasteiger partial charge in [-0.3, -0.25) is 4.79 Å². The van der Waals surface area contributed by atoms with Gasteiger partial charge in [-0.25, -0.2) is 4.79 Å². The summed E-state index contributed by atoms with van der Waals surface area (Å²) in [5, 5.41) is 20.8. The highest BCUT2D eigenvalue weighted by Crippen LogP contribution is 2.32. The second-order valence-electron chi connectivity index (χ2n) is 5.41. The molecule has 0 saturated carbocycles. The number of nitrogens with zero attached hydrogens (tertiary/aromatic N) is 1. The zero-order valence-corrected chi connectivity index (χ0v) is 13.6. The van der Waals surface area contributed by atoms with Gasteiger partial charge in [0.15, 0.2) is 11.5 Å². The lowest BCUT2D eigenvalue weighted by molar-refractivity contribution is -0.112. The van der Waals surface area contributed by atoms with E-state index in [2.05, 4.69) is 5.32 Å². The average Bonchev–Trinajstić information content (AvgIpc) is 2.66. The van der Waals surface area contributed by atoms with E-state index in [0.717, 1.165) is 0 Å². The number of fused-ring (bicyclic) bond motifs is 1. The summed E-state index contributed by atoms with van der Waals surface area (Å²) in [6, 6.07) is 12.7. The molecular formula is C19H14N2O5. The molecule has 7 heteroatoms. The summed E-state index contributed by atoms with van der Waals surface area (Å²) >= 11 is 0. The number of anilines is 1. The number of ether oxygens (including phenoxy) is 2. The lowest BCUT2D eigenvalue weighted by Gasteiger charge is -2.18. The van der Waals surface area contributed by atoms with E-state index in [1.54, 1.807) is 18.2 Å². The fraction of sp³-hybridized carbons (Fsp3) is 0.105. The smallest absolute Gasteiger partial charge is 0.335 e. The van der Waals surface area contributed by atoms with Crippen LogP contribution >= 0.6 is 0 Å². The van der Waals surface area contributed by atoms with Crippen molar-refractivity contribution in [3.63, 3.8) is 0 Å². The Morgan fingerprint density at radius 1 is 1.08 bits per heavy atom. The average molecular weight is 350 g/mol. The van der Waals surface area contributed by atoms with E-state index in [-0.39, 0.29) is 11.1 Å². The summed E-state index contributed by atoms with van der Waals surface area (Å²) in [5.41, 5.74) is 1.04. The van der Waals surface area contributed by atoms with Crippen molar-refractivity contribution < 1.29 is 24.2 Å². The van der Waals surface area contributed by atoms with Gasteiger partial charge in [0.1, 0.15) is 24.9 Å². The Balaban J connectivity index is 1.76. The number of benzene rings is 2. The van der Waals surface area contributed by atoms with Crippen molar-refractivity contribution in [3.05, 3.63) is 59.2 Å². The summed E-state index contributed by atoms with van der Waals surface area (Å²) in [6.07, 6.45) is 1.39. The summed E-state index contributed by atoms with van der Waals surface area (Å²) in [5.74, 6) is -0.492. The maximum Gasteiger partial charge on any atom is 0.335 e. The van der Waals surface area contributed by atoms with Crippen LogP contribution < -0.4 is 14.8 Å². The Bertz CT molecular complexity index is 926. The van der Waals surface area contributed by atoms with E-state index in [1.165, 1.54) is 30.3 Å². The van der Waals surface area contributed by atoms with Crippen LogP contribution in [-0.2, 0) is 4.79 Å². The van der Waals surface area contributed by atoms with Gasteiger partial charge in [0.25, 0.3) is 5.91 Å². The van der Waals surface area contributed by atoms with Crippen LogP contribution in [0.4, 0.5) is 5.69 Å². The molecule has 1 heterocycles. The normalized spacial score (nSPS) is 12.8. The number of aromatic carboxylic acids is 1. The molecule has 0 saturated heterocycles. The molecule has 2 aromatic rings. The van der Waals surface area contributed by atoms with Crippen molar-refractivity contribution in [2.45, 2.75) is 0 Å². The molecule has 0 bridgehead atoms.